The highest BCUT2D eigenvalue weighted by molar-refractivity contribution is 9.10. The number of aryl methyl sites for hydroxylation is 1. The summed E-state index contributed by atoms with van der Waals surface area (Å²) in [6.45, 7) is 1.44. The van der Waals surface area contributed by atoms with E-state index in [1.165, 1.54) is 0 Å². The number of para-hydroxylation sites is 1. The van der Waals surface area contributed by atoms with Crippen LogP contribution in [0.3, 0.4) is 0 Å². The molecule has 0 fully saturated rings. The summed E-state index contributed by atoms with van der Waals surface area (Å²) in [5, 5.41) is 5.75. The molecule has 0 unspecified atom stereocenters. The molecule has 0 atom stereocenters. The van der Waals surface area contributed by atoms with Crippen molar-refractivity contribution in [1.29, 1.82) is 0 Å². The Morgan fingerprint density at radius 1 is 1.04 bits per heavy atom. The van der Waals surface area contributed by atoms with Gasteiger partial charge in [-0.1, -0.05) is 29.8 Å². The number of benzene rings is 2. The SMILES string of the molecule is Cc1ccccc1NC(=O)CCC(=O)OCC(=O)Nc1ccc(Br)c(Cl)c1. The molecule has 6 nitrogen and oxygen atoms in total. The normalized spacial score (nSPS) is 10.2. The lowest BCUT2D eigenvalue weighted by Crippen LogP contribution is -2.21. The lowest BCUT2D eigenvalue weighted by Gasteiger charge is -2.09. The molecule has 2 aromatic carbocycles. The number of anilines is 2. The number of hydrogen-bond donors (Lipinski definition) is 2. The number of carbonyl (C=O) groups excluding carboxylic acids is 3. The highest BCUT2D eigenvalue weighted by Gasteiger charge is 2.12. The highest BCUT2D eigenvalue weighted by atomic mass is 79.9. The molecule has 142 valence electrons. The third-order valence-corrected chi connectivity index (χ3v) is 4.78. The largest absolute Gasteiger partial charge is 0.456 e. The minimum atomic E-state index is -0.626. The van der Waals surface area contributed by atoms with Crippen molar-refractivity contribution in [3.8, 4) is 0 Å². The summed E-state index contributed by atoms with van der Waals surface area (Å²) < 4.78 is 5.59. The molecule has 2 rings (SSSR count). The average molecular weight is 454 g/mol. The van der Waals surface area contributed by atoms with E-state index in [1.54, 1.807) is 24.3 Å². The first-order chi connectivity index (χ1) is 12.8. The molecule has 8 heteroatoms. The van der Waals surface area contributed by atoms with E-state index in [4.69, 9.17) is 16.3 Å². The maximum atomic E-state index is 11.9. The first-order valence-electron chi connectivity index (χ1n) is 8.11. The van der Waals surface area contributed by atoms with Gasteiger partial charge in [-0.05, 0) is 52.7 Å². The number of halogens is 2. The Morgan fingerprint density at radius 2 is 1.78 bits per heavy atom. The molecule has 0 heterocycles. The summed E-state index contributed by atoms with van der Waals surface area (Å²) in [7, 11) is 0. The predicted molar refractivity (Wildman–Crippen MR) is 108 cm³/mol. The van der Waals surface area contributed by atoms with E-state index in [1.807, 2.05) is 25.1 Å². The Kier molecular flexibility index (Phi) is 7.82. The predicted octanol–water partition coefficient (Wildman–Crippen LogP) is 4.31. The van der Waals surface area contributed by atoms with Crippen LogP contribution in [-0.2, 0) is 19.1 Å². The van der Waals surface area contributed by atoms with E-state index in [0.717, 1.165) is 5.56 Å². The standard InChI is InChI=1S/C19H18BrClN2O4/c1-12-4-2-3-5-16(12)23-17(24)8-9-19(26)27-11-18(25)22-13-6-7-14(20)15(21)10-13/h2-7,10H,8-9,11H2,1H3,(H,22,25)(H,23,24). The molecule has 0 aromatic heterocycles. The van der Waals surface area contributed by atoms with Crippen LogP contribution in [0.1, 0.15) is 18.4 Å². The maximum absolute atomic E-state index is 11.9. The zero-order chi connectivity index (χ0) is 19.8. The summed E-state index contributed by atoms with van der Waals surface area (Å²) in [6.07, 6.45) is -0.147. The molecule has 0 spiro atoms. The van der Waals surface area contributed by atoms with E-state index in [9.17, 15) is 14.4 Å². The van der Waals surface area contributed by atoms with Gasteiger partial charge in [-0.2, -0.15) is 0 Å². The third kappa shape index (κ3) is 7.03. The average Bonchev–Trinajstić information content (AvgIpc) is 2.63. The molecule has 0 aliphatic heterocycles. The lowest BCUT2D eigenvalue weighted by molar-refractivity contribution is -0.147. The Labute approximate surface area is 170 Å². The van der Waals surface area contributed by atoms with Gasteiger partial charge in [0.05, 0.1) is 11.4 Å². The highest BCUT2D eigenvalue weighted by Crippen LogP contribution is 2.25. The van der Waals surface area contributed by atoms with Crippen LogP contribution in [-0.4, -0.2) is 24.4 Å². The van der Waals surface area contributed by atoms with Gasteiger partial charge in [-0.15, -0.1) is 0 Å². The van der Waals surface area contributed by atoms with Gasteiger partial charge in [0, 0.05) is 22.3 Å². The van der Waals surface area contributed by atoms with Crippen molar-refractivity contribution >= 4 is 56.7 Å². The van der Waals surface area contributed by atoms with Crippen LogP contribution in [0.4, 0.5) is 11.4 Å². The first-order valence-corrected chi connectivity index (χ1v) is 9.28. The smallest absolute Gasteiger partial charge is 0.306 e. The molecule has 2 aromatic rings. The van der Waals surface area contributed by atoms with Crippen LogP contribution in [0.25, 0.3) is 0 Å². The Hall–Kier alpha value is -2.38. The van der Waals surface area contributed by atoms with Crippen molar-refractivity contribution < 1.29 is 19.1 Å². The molecular weight excluding hydrogens is 436 g/mol. The second-order valence-electron chi connectivity index (χ2n) is 5.70. The van der Waals surface area contributed by atoms with Crippen molar-refractivity contribution in [2.45, 2.75) is 19.8 Å². The molecule has 0 aliphatic rings. The summed E-state index contributed by atoms with van der Waals surface area (Å²) >= 11 is 9.19. The number of rotatable bonds is 7. The fourth-order valence-corrected chi connectivity index (χ4v) is 2.56. The van der Waals surface area contributed by atoms with Gasteiger partial charge in [0.2, 0.25) is 5.91 Å². The van der Waals surface area contributed by atoms with Gasteiger partial charge < -0.3 is 15.4 Å². The Morgan fingerprint density at radius 3 is 2.48 bits per heavy atom. The molecule has 2 N–H and O–H groups in total. The van der Waals surface area contributed by atoms with E-state index < -0.39 is 18.5 Å². The van der Waals surface area contributed by atoms with E-state index in [-0.39, 0.29) is 18.7 Å². The topological polar surface area (TPSA) is 84.5 Å². The van der Waals surface area contributed by atoms with Crippen molar-refractivity contribution in [1.82, 2.24) is 0 Å². The second kappa shape index (κ2) is 10.1. The van der Waals surface area contributed by atoms with Crippen LogP contribution in [0, 0.1) is 6.92 Å². The third-order valence-electron chi connectivity index (χ3n) is 3.54. The summed E-state index contributed by atoms with van der Waals surface area (Å²) in [6, 6.07) is 12.3. The number of ether oxygens (including phenoxy) is 1. The second-order valence-corrected chi connectivity index (χ2v) is 6.96. The number of esters is 1. The van der Waals surface area contributed by atoms with Crippen molar-refractivity contribution in [3.63, 3.8) is 0 Å². The van der Waals surface area contributed by atoms with Crippen LogP contribution >= 0.6 is 27.5 Å². The summed E-state index contributed by atoms with van der Waals surface area (Å²) in [4.78, 5) is 35.4. The number of carbonyl (C=O) groups is 3. The molecule has 27 heavy (non-hydrogen) atoms. The Balaban J connectivity index is 1.70. The summed E-state index contributed by atoms with van der Waals surface area (Å²) in [5.74, 6) is -1.42. The van der Waals surface area contributed by atoms with Crippen LogP contribution in [0.2, 0.25) is 5.02 Å². The quantitative estimate of drug-likeness (QED) is 0.612. The number of amides is 2. The Bertz CT molecular complexity index is 857. The maximum Gasteiger partial charge on any atom is 0.306 e. The van der Waals surface area contributed by atoms with Crippen LogP contribution in [0.5, 0.6) is 0 Å². The van der Waals surface area contributed by atoms with Gasteiger partial charge in [-0.3, -0.25) is 14.4 Å². The van der Waals surface area contributed by atoms with Crippen LogP contribution < -0.4 is 10.6 Å². The van der Waals surface area contributed by atoms with Crippen molar-refractivity contribution in [2.75, 3.05) is 17.2 Å². The van der Waals surface area contributed by atoms with Gasteiger partial charge in [0.1, 0.15) is 0 Å². The van der Waals surface area contributed by atoms with E-state index in [0.29, 0.717) is 20.9 Å². The first kappa shape index (κ1) is 20.9. The molecule has 2 amide bonds. The van der Waals surface area contributed by atoms with Gasteiger partial charge in [0.25, 0.3) is 5.91 Å². The summed E-state index contributed by atoms with van der Waals surface area (Å²) in [5.41, 5.74) is 2.11. The lowest BCUT2D eigenvalue weighted by atomic mass is 10.2. The monoisotopic (exact) mass is 452 g/mol. The zero-order valence-corrected chi connectivity index (χ0v) is 16.9. The molecule has 0 saturated heterocycles. The fourth-order valence-electron chi connectivity index (χ4n) is 2.13. The fraction of sp³-hybridized carbons (Fsp3) is 0.211. The number of nitrogens with one attached hydrogen (secondary N) is 2. The molecule has 0 aliphatic carbocycles. The number of hydrogen-bond acceptors (Lipinski definition) is 4. The molecule has 0 saturated carbocycles. The molecule has 0 radical (unpaired) electrons. The minimum Gasteiger partial charge on any atom is -0.456 e. The van der Waals surface area contributed by atoms with E-state index >= 15 is 0 Å². The van der Waals surface area contributed by atoms with E-state index in [2.05, 4.69) is 26.6 Å². The van der Waals surface area contributed by atoms with Gasteiger partial charge >= 0.3 is 5.97 Å². The molecular formula is C19H18BrClN2O4. The minimum absolute atomic E-state index is 0.0306. The van der Waals surface area contributed by atoms with Gasteiger partial charge in [-0.25, -0.2) is 0 Å². The molecule has 0 bridgehead atoms. The van der Waals surface area contributed by atoms with Crippen molar-refractivity contribution in [2.24, 2.45) is 0 Å². The zero-order valence-electron chi connectivity index (χ0n) is 14.6. The van der Waals surface area contributed by atoms with Gasteiger partial charge in [0.15, 0.2) is 6.61 Å². The van der Waals surface area contributed by atoms with Crippen molar-refractivity contribution in [3.05, 3.63) is 57.5 Å². The van der Waals surface area contributed by atoms with Crippen LogP contribution in [0.15, 0.2) is 46.9 Å².